The van der Waals surface area contributed by atoms with Gasteiger partial charge in [0.1, 0.15) is 0 Å². The molecule has 0 unspecified atom stereocenters. The normalized spacial score (nSPS) is 13.2. The highest BCUT2D eigenvalue weighted by molar-refractivity contribution is 6.91. The molecule has 0 radical (unpaired) electrons. The van der Waals surface area contributed by atoms with Crippen molar-refractivity contribution in [2.24, 2.45) is 0 Å². The number of fused-ring (bicyclic) bond motifs is 1. The fraction of sp³-hybridized carbons (Fsp3) is 0.238. The van der Waals surface area contributed by atoms with E-state index in [1.54, 1.807) is 0 Å². The van der Waals surface area contributed by atoms with E-state index in [0.29, 0.717) is 5.54 Å². The van der Waals surface area contributed by atoms with Crippen LogP contribution in [0.1, 0.15) is 17.5 Å². The van der Waals surface area contributed by atoms with Crippen LogP contribution in [-0.4, -0.2) is 19.8 Å². The Bertz CT molecular complexity index is 775. The van der Waals surface area contributed by atoms with Crippen LogP contribution in [-0.2, 0) is 0 Å². The fourth-order valence-electron chi connectivity index (χ4n) is 3.66. The highest BCUT2D eigenvalue weighted by atomic mass is 28.3. The average molecular weight is 321 g/mol. The third kappa shape index (κ3) is 3.10. The van der Waals surface area contributed by atoms with E-state index in [2.05, 4.69) is 85.9 Å². The van der Waals surface area contributed by atoms with Crippen molar-refractivity contribution >= 4 is 24.0 Å². The third-order valence-electron chi connectivity index (χ3n) is 5.01. The zero-order chi connectivity index (χ0) is 16.3. The van der Waals surface area contributed by atoms with Crippen LogP contribution >= 0.6 is 0 Å². The molecule has 0 spiro atoms. The first-order valence-corrected chi connectivity index (χ1v) is 11.4. The second-order valence-electron chi connectivity index (χ2n) is 6.72. The van der Waals surface area contributed by atoms with Gasteiger partial charge >= 0.3 is 0 Å². The summed E-state index contributed by atoms with van der Waals surface area (Å²) in [6.45, 7) is 5.08. The lowest BCUT2D eigenvalue weighted by Crippen LogP contribution is -2.48. The smallest absolute Gasteiger partial charge is 0.0880 e. The molecule has 0 saturated heterocycles. The first-order valence-electron chi connectivity index (χ1n) is 8.28. The predicted molar refractivity (Wildman–Crippen MR) is 102 cm³/mol. The topological polar surface area (TPSA) is 20.2 Å². The van der Waals surface area contributed by atoms with Crippen LogP contribution in [0.4, 0.5) is 0 Å². The molecule has 118 valence electrons. The van der Waals surface area contributed by atoms with Crippen LogP contribution in [0.5, 0.6) is 0 Å². The van der Waals surface area contributed by atoms with Gasteiger partial charge in [0.2, 0.25) is 0 Å². The van der Waals surface area contributed by atoms with E-state index >= 15 is 0 Å². The molecule has 2 heteroatoms. The van der Waals surface area contributed by atoms with Gasteiger partial charge in [0, 0.05) is 6.61 Å². The number of aliphatic hydroxyl groups is 1. The van der Waals surface area contributed by atoms with Crippen molar-refractivity contribution in [2.75, 3.05) is 6.61 Å². The van der Waals surface area contributed by atoms with Gasteiger partial charge in [-0.2, -0.15) is 0 Å². The maximum atomic E-state index is 9.70. The van der Waals surface area contributed by atoms with Gasteiger partial charge in [-0.25, -0.2) is 0 Å². The van der Waals surface area contributed by atoms with Crippen molar-refractivity contribution in [2.45, 2.75) is 25.1 Å². The summed E-state index contributed by atoms with van der Waals surface area (Å²) in [7, 11) is -1.75. The van der Waals surface area contributed by atoms with Gasteiger partial charge in [-0.15, -0.1) is 0 Å². The van der Waals surface area contributed by atoms with E-state index in [-0.39, 0.29) is 6.61 Å². The maximum Gasteiger partial charge on any atom is 0.0880 e. The summed E-state index contributed by atoms with van der Waals surface area (Å²) in [6, 6.07) is 26.0. The minimum Gasteiger partial charge on any atom is -0.396 e. The van der Waals surface area contributed by atoms with Gasteiger partial charge < -0.3 is 5.11 Å². The monoisotopic (exact) mass is 320 g/mol. The molecule has 3 rings (SSSR count). The van der Waals surface area contributed by atoms with Crippen molar-refractivity contribution in [3.05, 3.63) is 78.4 Å². The Hall–Kier alpha value is -1.90. The zero-order valence-corrected chi connectivity index (χ0v) is 14.9. The standard InChI is InChI=1S/C21H24OSi/c1-23(2,18-11-4-3-5-12-18)21(15-16-22)20-14-8-10-17-9-6-7-13-19(17)20/h3-14,21-22H,15-16H2,1-2H3/t21-/m0/s1. The van der Waals surface area contributed by atoms with Gasteiger partial charge in [-0.3, -0.25) is 0 Å². The number of hydrogen-bond donors (Lipinski definition) is 1. The summed E-state index contributed by atoms with van der Waals surface area (Å²) in [5.41, 5.74) is 1.79. The molecule has 1 atom stereocenters. The molecule has 3 aromatic carbocycles. The van der Waals surface area contributed by atoms with Crippen molar-refractivity contribution in [1.29, 1.82) is 0 Å². The Kier molecular flexibility index (Phi) is 4.65. The maximum absolute atomic E-state index is 9.70. The lowest BCUT2D eigenvalue weighted by atomic mass is 10.0. The number of benzene rings is 3. The quantitative estimate of drug-likeness (QED) is 0.688. The van der Waals surface area contributed by atoms with Gasteiger partial charge in [0.15, 0.2) is 0 Å². The molecule has 0 heterocycles. The second-order valence-corrected chi connectivity index (χ2v) is 11.4. The summed E-state index contributed by atoms with van der Waals surface area (Å²) in [5, 5.41) is 13.8. The van der Waals surface area contributed by atoms with Crippen LogP contribution in [0, 0.1) is 0 Å². The summed E-state index contributed by atoms with van der Waals surface area (Å²) >= 11 is 0. The summed E-state index contributed by atoms with van der Waals surface area (Å²) < 4.78 is 0. The van der Waals surface area contributed by atoms with Crippen LogP contribution < -0.4 is 5.19 Å². The molecule has 0 aliphatic heterocycles. The molecule has 1 N–H and O–H groups in total. The predicted octanol–water partition coefficient (Wildman–Crippen LogP) is 4.46. The van der Waals surface area contributed by atoms with Crippen LogP contribution in [0.3, 0.4) is 0 Å². The highest BCUT2D eigenvalue weighted by Gasteiger charge is 2.35. The highest BCUT2D eigenvalue weighted by Crippen LogP contribution is 2.34. The molecule has 0 saturated carbocycles. The van der Waals surface area contributed by atoms with E-state index in [1.165, 1.54) is 21.5 Å². The summed E-state index contributed by atoms with van der Waals surface area (Å²) in [5.74, 6) is 0. The summed E-state index contributed by atoms with van der Waals surface area (Å²) in [6.07, 6.45) is 0.822. The van der Waals surface area contributed by atoms with Crippen LogP contribution in [0.15, 0.2) is 72.8 Å². The van der Waals surface area contributed by atoms with Gasteiger partial charge in [-0.05, 0) is 28.3 Å². The van der Waals surface area contributed by atoms with Crippen molar-refractivity contribution in [3.63, 3.8) is 0 Å². The Balaban J connectivity index is 2.14. The minimum absolute atomic E-state index is 0.233. The minimum atomic E-state index is -1.75. The lowest BCUT2D eigenvalue weighted by Gasteiger charge is -2.34. The van der Waals surface area contributed by atoms with E-state index < -0.39 is 8.07 Å². The van der Waals surface area contributed by atoms with E-state index in [0.717, 1.165) is 6.42 Å². The second kappa shape index (κ2) is 6.69. The molecule has 0 aliphatic carbocycles. The van der Waals surface area contributed by atoms with Gasteiger partial charge in [-0.1, -0.05) is 91.1 Å². The van der Waals surface area contributed by atoms with E-state index in [4.69, 9.17) is 0 Å². The van der Waals surface area contributed by atoms with Crippen molar-refractivity contribution in [3.8, 4) is 0 Å². The van der Waals surface area contributed by atoms with Gasteiger partial charge in [0.05, 0.1) is 8.07 Å². The molecular weight excluding hydrogens is 296 g/mol. The number of rotatable bonds is 5. The SMILES string of the molecule is C[Si](C)(c1ccccc1)[C@@H](CCO)c1cccc2ccccc12. The Labute approximate surface area is 139 Å². The molecule has 0 bridgehead atoms. The van der Waals surface area contributed by atoms with Gasteiger partial charge in [0.25, 0.3) is 0 Å². The molecule has 23 heavy (non-hydrogen) atoms. The van der Waals surface area contributed by atoms with Crippen LogP contribution in [0.25, 0.3) is 10.8 Å². The molecule has 0 aliphatic rings. The first kappa shape index (κ1) is 16.0. The molecule has 1 nitrogen and oxygen atoms in total. The van der Waals surface area contributed by atoms with E-state index in [9.17, 15) is 5.11 Å². The Morgan fingerprint density at radius 3 is 2.22 bits per heavy atom. The molecule has 0 fully saturated rings. The zero-order valence-electron chi connectivity index (χ0n) is 13.9. The molecule has 3 aromatic rings. The van der Waals surface area contributed by atoms with Crippen molar-refractivity contribution in [1.82, 2.24) is 0 Å². The molecular formula is C21H24OSi. The fourth-order valence-corrected chi connectivity index (χ4v) is 6.99. The Morgan fingerprint density at radius 2 is 1.48 bits per heavy atom. The number of hydrogen-bond acceptors (Lipinski definition) is 1. The molecule has 0 aromatic heterocycles. The Morgan fingerprint density at radius 1 is 0.826 bits per heavy atom. The van der Waals surface area contributed by atoms with Crippen LogP contribution in [0.2, 0.25) is 13.1 Å². The summed E-state index contributed by atoms with van der Waals surface area (Å²) in [4.78, 5) is 0. The van der Waals surface area contributed by atoms with E-state index in [1.807, 2.05) is 0 Å². The third-order valence-corrected chi connectivity index (χ3v) is 9.17. The number of aliphatic hydroxyl groups excluding tert-OH is 1. The molecule has 0 amide bonds. The van der Waals surface area contributed by atoms with Crippen molar-refractivity contribution < 1.29 is 5.11 Å². The lowest BCUT2D eigenvalue weighted by molar-refractivity contribution is 0.285. The largest absolute Gasteiger partial charge is 0.396 e. The average Bonchev–Trinajstić information content (AvgIpc) is 2.60. The first-order chi connectivity index (χ1) is 11.1.